The summed E-state index contributed by atoms with van der Waals surface area (Å²) in [4.78, 5) is 33.3. The van der Waals surface area contributed by atoms with Gasteiger partial charge in [0.25, 0.3) is 0 Å². The van der Waals surface area contributed by atoms with Crippen molar-refractivity contribution in [2.45, 2.75) is 10.8 Å². The summed E-state index contributed by atoms with van der Waals surface area (Å²) in [6.07, 6.45) is 3.55. The van der Waals surface area contributed by atoms with Crippen LogP contribution in [0.3, 0.4) is 0 Å². The van der Waals surface area contributed by atoms with E-state index < -0.39 is 0 Å². The predicted molar refractivity (Wildman–Crippen MR) is 242 cm³/mol. The second-order valence-electron chi connectivity index (χ2n) is 13.6. The molecule has 0 fully saturated rings. The number of nitrogen functional groups attached to an aromatic ring is 3. The van der Waals surface area contributed by atoms with Gasteiger partial charge in [-0.3, -0.25) is 4.98 Å². The highest BCUT2D eigenvalue weighted by Gasteiger charge is 2.20. The molecule has 5 aromatic heterocycles. The lowest BCUT2D eigenvalue weighted by atomic mass is 9.99. The average Bonchev–Trinajstić information content (AvgIpc) is 3.27. The number of pyridine rings is 3. The summed E-state index contributed by atoms with van der Waals surface area (Å²) < 4.78 is 0. The average molecular weight is 831 g/mol. The van der Waals surface area contributed by atoms with E-state index in [-0.39, 0.29) is 11.6 Å². The minimum Gasteiger partial charge on any atom is -0.381 e. The Balaban J connectivity index is 1.11. The van der Waals surface area contributed by atoms with E-state index in [0.717, 1.165) is 50.0 Å². The number of rotatable bonds is 9. The second-order valence-corrected chi connectivity index (χ2v) is 15.4. The van der Waals surface area contributed by atoms with Crippen molar-refractivity contribution >= 4 is 80.0 Å². The van der Waals surface area contributed by atoms with E-state index in [1.54, 1.807) is 6.20 Å². The maximum absolute atomic E-state index is 7.00. The highest BCUT2D eigenvalue weighted by Crippen LogP contribution is 2.40. The van der Waals surface area contributed by atoms with Crippen molar-refractivity contribution in [1.29, 1.82) is 0 Å². The Kier molecular flexibility index (Phi) is 10.1. The Morgan fingerprint density at radius 3 is 1.92 bits per heavy atom. The number of anilines is 4. The van der Waals surface area contributed by atoms with E-state index >= 15 is 0 Å². The van der Waals surface area contributed by atoms with Gasteiger partial charge in [0, 0.05) is 63.8 Å². The van der Waals surface area contributed by atoms with Crippen LogP contribution >= 0.6 is 35.0 Å². The number of benzene rings is 4. The second kappa shape index (κ2) is 15.8. The third kappa shape index (κ3) is 7.52. The monoisotopic (exact) mass is 829 g/mol. The van der Waals surface area contributed by atoms with Gasteiger partial charge in [0.1, 0.15) is 10.8 Å². The van der Waals surface area contributed by atoms with Crippen LogP contribution in [0.5, 0.6) is 0 Å². The Hall–Kier alpha value is -6.86. The molecule has 0 spiro atoms. The van der Waals surface area contributed by atoms with Crippen molar-refractivity contribution in [3.05, 3.63) is 143 Å². The van der Waals surface area contributed by atoms with Gasteiger partial charge in [-0.15, -0.1) is 0 Å². The molecule has 11 nitrogen and oxygen atoms in total. The van der Waals surface area contributed by atoms with Gasteiger partial charge in [0.15, 0.2) is 17.5 Å². The number of nitrogens with two attached hydrogens (primary N) is 3. The number of nitrogens with zero attached hydrogens (tertiary/aromatic N) is 7. The molecule has 7 N–H and O–H groups in total. The molecule has 0 radical (unpaired) electrons. The summed E-state index contributed by atoms with van der Waals surface area (Å²) in [7, 11) is 1.84. The largest absolute Gasteiger partial charge is 0.381 e. The molecular formula is C45H33Cl2N11S. The highest BCUT2D eigenvalue weighted by molar-refractivity contribution is 7.98. The van der Waals surface area contributed by atoms with Gasteiger partial charge in [0.2, 0.25) is 0 Å². The fourth-order valence-corrected chi connectivity index (χ4v) is 8.18. The maximum atomic E-state index is 7.00. The van der Waals surface area contributed by atoms with E-state index in [9.17, 15) is 0 Å². The van der Waals surface area contributed by atoms with Crippen molar-refractivity contribution in [3.8, 4) is 56.3 Å². The molecule has 9 aromatic rings. The van der Waals surface area contributed by atoms with Crippen LogP contribution in [0.4, 0.5) is 23.3 Å². The summed E-state index contributed by atoms with van der Waals surface area (Å²) in [5, 5.41) is 6.28. The third-order valence-corrected chi connectivity index (χ3v) is 11.4. The predicted octanol–water partition coefficient (Wildman–Crippen LogP) is 10.5. The van der Waals surface area contributed by atoms with E-state index in [0.29, 0.717) is 66.1 Å². The lowest BCUT2D eigenvalue weighted by molar-refractivity contribution is 1.08. The van der Waals surface area contributed by atoms with E-state index in [4.69, 9.17) is 55.4 Å². The van der Waals surface area contributed by atoms with E-state index in [1.165, 1.54) is 11.8 Å². The lowest BCUT2D eigenvalue weighted by Gasteiger charge is -2.15. The van der Waals surface area contributed by atoms with Gasteiger partial charge < -0.3 is 22.5 Å². The van der Waals surface area contributed by atoms with Gasteiger partial charge in [-0.05, 0) is 54.1 Å². The molecule has 0 bridgehead atoms. The molecule has 0 aliphatic rings. The van der Waals surface area contributed by atoms with Crippen LogP contribution < -0.4 is 22.5 Å². The number of fused-ring (bicyclic) bond motifs is 2. The molecule has 5 heterocycles. The molecule has 9 rings (SSSR count). The fraction of sp³-hybridized carbons (Fsp3) is 0.0444. The first-order chi connectivity index (χ1) is 28.7. The summed E-state index contributed by atoms with van der Waals surface area (Å²) in [5.74, 6) is 1.99. The van der Waals surface area contributed by atoms with E-state index in [1.807, 2.05) is 129 Å². The van der Waals surface area contributed by atoms with Gasteiger partial charge in [-0.25, -0.2) is 29.9 Å². The maximum Gasteiger partial charge on any atom is 0.166 e. The minimum atomic E-state index is 0.140. The number of hydrogen-bond acceptors (Lipinski definition) is 12. The van der Waals surface area contributed by atoms with Crippen molar-refractivity contribution in [3.63, 3.8) is 0 Å². The van der Waals surface area contributed by atoms with Crippen molar-refractivity contribution in [2.24, 2.45) is 0 Å². The quantitative estimate of drug-likeness (QED) is 0.101. The minimum absolute atomic E-state index is 0.140. The zero-order valence-corrected chi connectivity index (χ0v) is 33.7. The van der Waals surface area contributed by atoms with Gasteiger partial charge in [0.05, 0.1) is 49.5 Å². The molecule has 59 heavy (non-hydrogen) atoms. The molecule has 4 aromatic carbocycles. The highest BCUT2D eigenvalue weighted by atomic mass is 35.5. The number of thioether (sulfide) groups is 1. The molecule has 0 unspecified atom stereocenters. The summed E-state index contributed by atoms with van der Waals surface area (Å²) >= 11 is 15.3. The van der Waals surface area contributed by atoms with Crippen molar-refractivity contribution in [2.75, 3.05) is 29.6 Å². The molecule has 0 atom stereocenters. The summed E-state index contributed by atoms with van der Waals surface area (Å²) in [6.45, 7) is 0. The van der Waals surface area contributed by atoms with Gasteiger partial charge >= 0.3 is 0 Å². The van der Waals surface area contributed by atoms with Crippen molar-refractivity contribution in [1.82, 2.24) is 34.9 Å². The molecule has 0 saturated carbocycles. The third-order valence-electron chi connectivity index (χ3n) is 9.73. The molecule has 0 aliphatic carbocycles. The normalized spacial score (nSPS) is 11.3. The molecule has 288 valence electrons. The van der Waals surface area contributed by atoms with Crippen LogP contribution in [0.2, 0.25) is 10.0 Å². The fourth-order valence-electron chi connectivity index (χ4n) is 6.81. The molecule has 0 amide bonds. The number of hydrogen-bond donors (Lipinski definition) is 4. The van der Waals surface area contributed by atoms with Gasteiger partial charge in [-0.1, -0.05) is 102 Å². The molecular weight excluding hydrogens is 798 g/mol. The Morgan fingerprint density at radius 2 is 1.19 bits per heavy atom. The van der Waals surface area contributed by atoms with E-state index in [2.05, 4.69) is 25.3 Å². The van der Waals surface area contributed by atoms with Crippen LogP contribution in [-0.2, 0) is 5.75 Å². The zero-order chi connectivity index (χ0) is 40.6. The summed E-state index contributed by atoms with van der Waals surface area (Å²) in [5.41, 5.74) is 28.4. The molecule has 0 aliphatic heterocycles. The topological polar surface area (TPSA) is 180 Å². The lowest BCUT2D eigenvalue weighted by Crippen LogP contribution is -2.05. The van der Waals surface area contributed by atoms with Gasteiger partial charge in [-0.2, -0.15) is 0 Å². The zero-order valence-electron chi connectivity index (χ0n) is 31.4. The Morgan fingerprint density at radius 1 is 0.542 bits per heavy atom. The number of aromatic nitrogens is 7. The first kappa shape index (κ1) is 37.7. The van der Waals surface area contributed by atoms with Crippen LogP contribution in [0.25, 0.3) is 78.1 Å². The van der Waals surface area contributed by atoms with Crippen LogP contribution in [-0.4, -0.2) is 41.9 Å². The smallest absolute Gasteiger partial charge is 0.166 e. The Bertz CT molecular complexity index is 3060. The standard InChI is InChI=1S/C45H33Cl2N11S/c1-51-35-15-12-24(22-53-35)23-59-45-44(50)57-39(41(58-45)31-18-27-11-6-16-52-36(27)32(46)20-31)28-10-5-9-26(17-28)34-14-13-29-19-30(21-33(47)37(29)54-34)40-38(25-7-3-2-4-8-25)55-42(48)43(49)56-40/h2-22H,23H2,1H3,(H2,48,55)(H2,49,56)(H2,50,57)(H,51,53). The van der Waals surface area contributed by atoms with Crippen LogP contribution in [0.15, 0.2) is 133 Å². The molecule has 14 heteroatoms. The number of halogens is 2. The SMILES string of the molecule is CNc1ccc(CSc2nc(-c3cc(Cl)c4ncccc4c3)c(-c3cccc(-c4ccc5cc(-c6nc(N)c(N)nc6-c6ccccc6)cc(Cl)c5n4)c3)nc2N)cn1. The van der Waals surface area contributed by atoms with Crippen LogP contribution in [0.1, 0.15) is 5.56 Å². The van der Waals surface area contributed by atoms with Crippen LogP contribution in [0, 0.1) is 0 Å². The number of nitrogens with one attached hydrogen (secondary N) is 1. The van der Waals surface area contributed by atoms with Crippen molar-refractivity contribution < 1.29 is 0 Å². The Labute approximate surface area is 353 Å². The summed E-state index contributed by atoms with van der Waals surface area (Å²) in [6, 6.07) is 37.1. The first-order valence-corrected chi connectivity index (χ1v) is 20.1. The molecule has 0 saturated heterocycles. The first-order valence-electron chi connectivity index (χ1n) is 18.4.